The van der Waals surface area contributed by atoms with E-state index in [0.29, 0.717) is 12.1 Å². The SMILES string of the molecule is O=NC(=O)c1cc(F)c(F)cc1-n1nccn1. The molecule has 0 saturated heterocycles. The quantitative estimate of drug-likeness (QED) is 0.742. The summed E-state index contributed by atoms with van der Waals surface area (Å²) in [5.74, 6) is -3.66. The normalized spacial score (nSPS) is 10.2. The minimum absolute atomic E-state index is 0.154. The number of nitroso groups, excluding NO2 is 1. The Morgan fingerprint density at radius 1 is 1.18 bits per heavy atom. The van der Waals surface area contributed by atoms with Gasteiger partial charge in [-0.2, -0.15) is 15.0 Å². The van der Waals surface area contributed by atoms with Gasteiger partial charge in [0.1, 0.15) is 5.69 Å². The van der Waals surface area contributed by atoms with Crippen LogP contribution in [0.25, 0.3) is 5.69 Å². The second-order valence-electron chi connectivity index (χ2n) is 3.00. The van der Waals surface area contributed by atoms with Crippen LogP contribution in [0.15, 0.2) is 29.7 Å². The van der Waals surface area contributed by atoms with Gasteiger partial charge in [-0.25, -0.2) is 8.78 Å². The third-order valence-electron chi connectivity index (χ3n) is 1.99. The molecule has 1 aromatic carbocycles. The van der Waals surface area contributed by atoms with Crippen LogP contribution in [0.1, 0.15) is 10.4 Å². The van der Waals surface area contributed by atoms with E-state index in [9.17, 15) is 18.5 Å². The standard InChI is InChI=1S/C9H4F2N4O2/c10-6-3-5(9(16)14-17)8(4-7(6)11)15-12-1-2-13-15/h1-4H. The smallest absolute Gasteiger partial charge is 0.263 e. The molecule has 0 fully saturated rings. The van der Waals surface area contributed by atoms with Crippen molar-refractivity contribution in [2.24, 2.45) is 5.18 Å². The molecule has 1 aromatic heterocycles. The van der Waals surface area contributed by atoms with Gasteiger partial charge in [0.05, 0.1) is 18.0 Å². The van der Waals surface area contributed by atoms with Crippen LogP contribution in [0, 0.1) is 16.5 Å². The van der Waals surface area contributed by atoms with E-state index >= 15 is 0 Å². The fourth-order valence-corrected chi connectivity index (χ4v) is 1.26. The Morgan fingerprint density at radius 3 is 2.35 bits per heavy atom. The van der Waals surface area contributed by atoms with Crippen molar-refractivity contribution in [1.29, 1.82) is 0 Å². The molecule has 8 heteroatoms. The largest absolute Gasteiger partial charge is 0.319 e. The van der Waals surface area contributed by atoms with Crippen LogP contribution < -0.4 is 0 Å². The Kier molecular flexibility index (Phi) is 2.69. The summed E-state index contributed by atoms with van der Waals surface area (Å²) < 4.78 is 26.0. The molecule has 1 amide bonds. The van der Waals surface area contributed by atoms with E-state index in [1.54, 1.807) is 0 Å². The van der Waals surface area contributed by atoms with Gasteiger partial charge in [0, 0.05) is 11.2 Å². The van der Waals surface area contributed by atoms with Gasteiger partial charge in [0.15, 0.2) is 11.6 Å². The molecular formula is C9H4F2N4O2. The van der Waals surface area contributed by atoms with Crippen LogP contribution in [-0.4, -0.2) is 20.9 Å². The number of nitrogens with zero attached hydrogens (tertiary/aromatic N) is 4. The van der Waals surface area contributed by atoms with E-state index in [-0.39, 0.29) is 5.69 Å². The number of benzene rings is 1. The number of rotatable bonds is 2. The molecular weight excluding hydrogens is 234 g/mol. The molecule has 86 valence electrons. The number of hydrogen-bond acceptors (Lipinski definition) is 4. The van der Waals surface area contributed by atoms with E-state index in [1.807, 2.05) is 0 Å². The maximum absolute atomic E-state index is 13.1. The van der Waals surface area contributed by atoms with Crippen molar-refractivity contribution < 1.29 is 13.6 Å². The topological polar surface area (TPSA) is 77.2 Å². The van der Waals surface area contributed by atoms with Crippen LogP contribution in [0.4, 0.5) is 8.78 Å². The molecule has 0 aliphatic rings. The second kappa shape index (κ2) is 4.16. The average molecular weight is 238 g/mol. The third-order valence-corrected chi connectivity index (χ3v) is 1.99. The van der Waals surface area contributed by atoms with Crippen molar-refractivity contribution in [3.63, 3.8) is 0 Å². The number of carbonyl (C=O) groups is 1. The van der Waals surface area contributed by atoms with E-state index in [1.165, 1.54) is 12.4 Å². The fourth-order valence-electron chi connectivity index (χ4n) is 1.26. The Morgan fingerprint density at radius 2 is 1.76 bits per heavy atom. The highest BCUT2D eigenvalue weighted by Gasteiger charge is 2.18. The molecule has 0 spiro atoms. The molecule has 2 aromatic rings. The summed E-state index contributed by atoms with van der Waals surface area (Å²) in [6.45, 7) is 0. The zero-order valence-electron chi connectivity index (χ0n) is 8.17. The van der Waals surface area contributed by atoms with E-state index < -0.39 is 23.1 Å². The lowest BCUT2D eigenvalue weighted by molar-refractivity contribution is 0.1000. The van der Waals surface area contributed by atoms with Gasteiger partial charge in [0.2, 0.25) is 0 Å². The van der Waals surface area contributed by atoms with Crippen molar-refractivity contribution >= 4 is 5.91 Å². The highest BCUT2D eigenvalue weighted by atomic mass is 19.2. The molecule has 0 bridgehead atoms. The lowest BCUT2D eigenvalue weighted by Gasteiger charge is -2.05. The minimum atomic E-state index is -1.26. The Bertz CT molecular complexity index is 583. The van der Waals surface area contributed by atoms with Crippen LogP contribution in [0.5, 0.6) is 0 Å². The van der Waals surface area contributed by atoms with Gasteiger partial charge in [-0.15, -0.1) is 4.91 Å². The van der Waals surface area contributed by atoms with Gasteiger partial charge in [-0.1, -0.05) is 0 Å². The van der Waals surface area contributed by atoms with Gasteiger partial charge in [0.25, 0.3) is 0 Å². The first-order chi connectivity index (χ1) is 8.13. The molecule has 1 heterocycles. The average Bonchev–Trinajstić information content (AvgIpc) is 2.84. The number of aromatic nitrogens is 3. The highest BCUT2D eigenvalue weighted by molar-refractivity contribution is 5.98. The molecule has 0 saturated carbocycles. The zero-order chi connectivity index (χ0) is 12.4. The predicted molar refractivity (Wildman–Crippen MR) is 51.4 cm³/mol. The number of carbonyl (C=O) groups excluding carboxylic acids is 1. The maximum Gasteiger partial charge on any atom is 0.319 e. The first-order valence-electron chi connectivity index (χ1n) is 4.37. The summed E-state index contributed by atoms with van der Waals surface area (Å²) in [7, 11) is 0. The Hall–Kier alpha value is -2.51. The predicted octanol–water partition coefficient (Wildman–Crippen LogP) is 1.45. The summed E-state index contributed by atoms with van der Waals surface area (Å²) >= 11 is 0. The third kappa shape index (κ3) is 1.92. The molecule has 0 radical (unpaired) electrons. The molecule has 0 N–H and O–H groups in total. The van der Waals surface area contributed by atoms with Crippen LogP contribution in [0.3, 0.4) is 0 Å². The van der Waals surface area contributed by atoms with Crippen molar-refractivity contribution in [3.05, 3.63) is 46.6 Å². The first-order valence-corrected chi connectivity index (χ1v) is 4.37. The molecule has 0 atom stereocenters. The fraction of sp³-hybridized carbons (Fsp3) is 0. The van der Waals surface area contributed by atoms with Crippen molar-refractivity contribution in [3.8, 4) is 5.69 Å². The first kappa shape index (κ1) is 11.0. The molecule has 2 rings (SSSR count). The van der Waals surface area contributed by atoms with Crippen LogP contribution in [-0.2, 0) is 0 Å². The van der Waals surface area contributed by atoms with Crippen LogP contribution in [0.2, 0.25) is 0 Å². The number of halogens is 2. The summed E-state index contributed by atoms with van der Waals surface area (Å²) in [4.78, 5) is 22.2. The monoisotopic (exact) mass is 238 g/mol. The zero-order valence-corrected chi connectivity index (χ0v) is 8.17. The van der Waals surface area contributed by atoms with Gasteiger partial charge in [-0.3, -0.25) is 4.79 Å². The van der Waals surface area contributed by atoms with Gasteiger partial charge in [-0.05, 0) is 6.07 Å². The summed E-state index contributed by atoms with van der Waals surface area (Å²) in [6, 6.07) is 1.30. The molecule has 17 heavy (non-hydrogen) atoms. The molecule has 6 nitrogen and oxygen atoms in total. The lowest BCUT2D eigenvalue weighted by Crippen LogP contribution is -2.08. The van der Waals surface area contributed by atoms with Crippen LogP contribution >= 0.6 is 0 Å². The Balaban J connectivity index is 2.68. The highest BCUT2D eigenvalue weighted by Crippen LogP contribution is 2.18. The maximum atomic E-state index is 13.1. The van der Waals surface area contributed by atoms with E-state index in [0.717, 1.165) is 4.80 Å². The van der Waals surface area contributed by atoms with Gasteiger partial charge < -0.3 is 0 Å². The van der Waals surface area contributed by atoms with E-state index in [2.05, 4.69) is 15.4 Å². The van der Waals surface area contributed by atoms with Crippen molar-refractivity contribution in [2.75, 3.05) is 0 Å². The number of amides is 1. The second-order valence-corrected chi connectivity index (χ2v) is 3.00. The molecule has 0 aliphatic heterocycles. The molecule has 0 aliphatic carbocycles. The summed E-state index contributed by atoms with van der Waals surface area (Å²) in [6.07, 6.45) is 2.56. The Labute approximate surface area is 92.8 Å². The lowest BCUT2D eigenvalue weighted by atomic mass is 10.1. The van der Waals surface area contributed by atoms with Crippen molar-refractivity contribution in [1.82, 2.24) is 15.0 Å². The van der Waals surface area contributed by atoms with E-state index in [4.69, 9.17) is 0 Å². The van der Waals surface area contributed by atoms with Crippen molar-refractivity contribution in [2.45, 2.75) is 0 Å². The summed E-state index contributed by atoms with van der Waals surface area (Å²) in [5.41, 5.74) is -0.561. The molecule has 0 unspecified atom stereocenters. The number of hydrogen-bond donors (Lipinski definition) is 0. The summed E-state index contributed by atoms with van der Waals surface area (Å²) in [5, 5.41) is 9.46. The minimum Gasteiger partial charge on any atom is -0.263 e. The van der Waals surface area contributed by atoms with Gasteiger partial charge >= 0.3 is 5.91 Å².